The number of nitrogens with one attached hydrogen (secondary N) is 1. The number of hydrogen-bond donors (Lipinski definition) is 1. The number of rotatable bonds is 3. The first-order valence-corrected chi connectivity index (χ1v) is 7.13. The van der Waals surface area contributed by atoms with Crippen LogP contribution in [0.4, 0.5) is 4.39 Å². The van der Waals surface area contributed by atoms with E-state index in [9.17, 15) is 4.39 Å². The summed E-state index contributed by atoms with van der Waals surface area (Å²) in [5.74, 6) is 1.62. The summed E-state index contributed by atoms with van der Waals surface area (Å²) in [6, 6.07) is 4.87. The zero-order valence-corrected chi connectivity index (χ0v) is 11.3. The first-order valence-electron chi connectivity index (χ1n) is 7.13. The van der Waals surface area contributed by atoms with Crippen molar-refractivity contribution in [2.75, 3.05) is 13.1 Å². The summed E-state index contributed by atoms with van der Waals surface area (Å²) in [7, 11) is 0. The van der Waals surface area contributed by atoms with E-state index in [1.165, 1.54) is 18.9 Å². The molecule has 0 unspecified atom stereocenters. The van der Waals surface area contributed by atoms with Crippen molar-refractivity contribution in [2.45, 2.75) is 32.7 Å². The minimum Gasteiger partial charge on any atom is -0.328 e. The van der Waals surface area contributed by atoms with E-state index in [2.05, 4.69) is 16.8 Å². The molecule has 1 aromatic carbocycles. The van der Waals surface area contributed by atoms with Gasteiger partial charge in [-0.25, -0.2) is 9.37 Å². The Kier molecular flexibility index (Phi) is 3.51. The Bertz CT molecular complexity index is 570. The van der Waals surface area contributed by atoms with Crippen LogP contribution in [0.25, 0.3) is 11.0 Å². The van der Waals surface area contributed by atoms with E-state index in [0.29, 0.717) is 5.92 Å². The Morgan fingerprint density at radius 1 is 1.37 bits per heavy atom. The van der Waals surface area contributed by atoms with Crippen LogP contribution in [0.15, 0.2) is 18.2 Å². The molecule has 0 spiro atoms. The Labute approximate surface area is 112 Å². The summed E-state index contributed by atoms with van der Waals surface area (Å²) in [6.07, 6.45) is 3.42. The van der Waals surface area contributed by atoms with Gasteiger partial charge in [0, 0.05) is 13.0 Å². The lowest BCUT2D eigenvalue weighted by Crippen LogP contribution is -2.29. The smallest absolute Gasteiger partial charge is 0.125 e. The van der Waals surface area contributed by atoms with Crippen molar-refractivity contribution in [3.63, 3.8) is 0 Å². The van der Waals surface area contributed by atoms with Crippen LogP contribution in [-0.2, 0) is 13.0 Å². The van der Waals surface area contributed by atoms with E-state index in [4.69, 9.17) is 4.98 Å². The number of hydrogen-bond acceptors (Lipinski definition) is 2. The molecule has 19 heavy (non-hydrogen) atoms. The third-order valence-corrected chi connectivity index (χ3v) is 4.04. The van der Waals surface area contributed by atoms with Crippen LogP contribution in [0.3, 0.4) is 0 Å². The van der Waals surface area contributed by atoms with Crippen LogP contribution < -0.4 is 5.32 Å². The van der Waals surface area contributed by atoms with Crippen LogP contribution in [0, 0.1) is 11.7 Å². The molecule has 0 radical (unpaired) electrons. The molecule has 4 heteroatoms. The Morgan fingerprint density at radius 3 is 2.89 bits per heavy atom. The van der Waals surface area contributed by atoms with Crippen molar-refractivity contribution in [3.8, 4) is 0 Å². The van der Waals surface area contributed by atoms with E-state index in [0.717, 1.165) is 42.9 Å². The predicted octanol–water partition coefficient (Wildman–Crippen LogP) is 2.74. The van der Waals surface area contributed by atoms with Crippen molar-refractivity contribution in [1.82, 2.24) is 14.9 Å². The van der Waals surface area contributed by atoms with Crippen molar-refractivity contribution < 1.29 is 4.39 Å². The lowest BCUT2D eigenvalue weighted by Gasteiger charge is -2.22. The molecular weight excluding hydrogens is 241 g/mol. The maximum absolute atomic E-state index is 13.4. The number of imidazole rings is 1. The van der Waals surface area contributed by atoms with Gasteiger partial charge in [0.2, 0.25) is 0 Å². The van der Waals surface area contributed by atoms with Gasteiger partial charge in [0.1, 0.15) is 11.6 Å². The van der Waals surface area contributed by atoms with Gasteiger partial charge >= 0.3 is 0 Å². The molecule has 3 rings (SSSR count). The van der Waals surface area contributed by atoms with Crippen molar-refractivity contribution >= 4 is 11.0 Å². The van der Waals surface area contributed by atoms with Gasteiger partial charge in [-0.3, -0.25) is 0 Å². The number of piperidine rings is 1. The molecule has 0 bridgehead atoms. The summed E-state index contributed by atoms with van der Waals surface area (Å²) in [5.41, 5.74) is 1.83. The molecule has 102 valence electrons. The normalized spacial score (nSPS) is 17.2. The molecule has 1 aromatic heterocycles. The molecule has 1 N–H and O–H groups in total. The summed E-state index contributed by atoms with van der Waals surface area (Å²) < 4.78 is 15.5. The van der Waals surface area contributed by atoms with Crippen molar-refractivity contribution in [3.05, 3.63) is 29.8 Å². The predicted molar refractivity (Wildman–Crippen MR) is 74.7 cm³/mol. The minimum atomic E-state index is -0.185. The largest absolute Gasteiger partial charge is 0.328 e. The number of halogens is 1. The van der Waals surface area contributed by atoms with Gasteiger partial charge in [0.25, 0.3) is 0 Å². The molecule has 0 atom stereocenters. The first kappa shape index (κ1) is 12.6. The fourth-order valence-corrected chi connectivity index (χ4v) is 3.00. The van der Waals surface area contributed by atoms with Gasteiger partial charge in [-0.2, -0.15) is 0 Å². The Hall–Kier alpha value is -1.42. The molecule has 1 aliphatic rings. The topological polar surface area (TPSA) is 29.9 Å². The number of nitrogens with zero attached hydrogens (tertiary/aromatic N) is 2. The van der Waals surface area contributed by atoms with Crippen LogP contribution >= 0.6 is 0 Å². The van der Waals surface area contributed by atoms with Crippen LogP contribution in [0.1, 0.15) is 25.6 Å². The fraction of sp³-hybridized carbons (Fsp3) is 0.533. The zero-order valence-electron chi connectivity index (χ0n) is 11.3. The van der Waals surface area contributed by atoms with E-state index >= 15 is 0 Å². The van der Waals surface area contributed by atoms with Gasteiger partial charge in [-0.1, -0.05) is 0 Å². The highest BCUT2D eigenvalue weighted by Gasteiger charge is 2.18. The third kappa shape index (κ3) is 2.50. The van der Waals surface area contributed by atoms with Crippen LogP contribution in [0.5, 0.6) is 0 Å². The highest BCUT2D eigenvalue weighted by Crippen LogP contribution is 2.22. The maximum Gasteiger partial charge on any atom is 0.125 e. The Balaban J connectivity index is 1.93. The van der Waals surface area contributed by atoms with E-state index in [-0.39, 0.29) is 5.82 Å². The van der Waals surface area contributed by atoms with Gasteiger partial charge < -0.3 is 9.88 Å². The zero-order chi connectivity index (χ0) is 13.2. The SMILES string of the molecule is CCn1c(CC2CCNCC2)nc2ccc(F)cc21. The van der Waals surface area contributed by atoms with Crippen LogP contribution in [0.2, 0.25) is 0 Å². The van der Waals surface area contributed by atoms with Crippen LogP contribution in [-0.4, -0.2) is 22.6 Å². The van der Waals surface area contributed by atoms with E-state index in [1.807, 2.05) is 0 Å². The average Bonchev–Trinajstić information content (AvgIpc) is 2.76. The molecule has 0 saturated carbocycles. The number of fused-ring (bicyclic) bond motifs is 1. The summed E-state index contributed by atoms with van der Waals surface area (Å²) in [6.45, 7) is 5.15. The molecule has 1 saturated heterocycles. The van der Waals surface area contributed by atoms with E-state index in [1.54, 1.807) is 12.1 Å². The average molecular weight is 261 g/mol. The molecule has 2 aromatic rings. The second kappa shape index (κ2) is 5.29. The highest BCUT2D eigenvalue weighted by molar-refractivity contribution is 5.76. The Morgan fingerprint density at radius 2 is 2.16 bits per heavy atom. The van der Waals surface area contributed by atoms with Crippen molar-refractivity contribution in [1.29, 1.82) is 0 Å². The molecule has 0 amide bonds. The number of aryl methyl sites for hydroxylation is 1. The summed E-state index contributed by atoms with van der Waals surface area (Å²) in [5, 5.41) is 3.39. The molecule has 1 aliphatic heterocycles. The second-order valence-electron chi connectivity index (χ2n) is 5.30. The monoisotopic (exact) mass is 261 g/mol. The second-order valence-corrected chi connectivity index (χ2v) is 5.30. The number of benzene rings is 1. The van der Waals surface area contributed by atoms with E-state index < -0.39 is 0 Å². The number of aromatic nitrogens is 2. The molecule has 1 fully saturated rings. The lowest BCUT2D eigenvalue weighted by atomic mass is 9.94. The van der Waals surface area contributed by atoms with Gasteiger partial charge in [-0.05, 0) is 57.0 Å². The standard InChI is InChI=1S/C15H20FN3/c1-2-19-14-10-12(16)3-4-13(14)18-15(19)9-11-5-7-17-8-6-11/h3-4,10-11,17H,2,5-9H2,1H3. The quantitative estimate of drug-likeness (QED) is 0.920. The molecule has 2 heterocycles. The maximum atomic E-state index is 13.4. The summed E-state index contributed by atoms with van der Waals surface area (Å²) >= 11 is 0. The van der Waals surface area contributed by atoms with Gasteiger partial charge in [0.05, 0.1) is 11.0 Å². The molecule has 0 aliphatic carbocycles. The summed E-state index contributed by atoms with van der Waals surface area (Å²) in [4.78, 5) is 4.69. The fourth-order valence-electron chi connectivity index (χ4n) is 3.00. The molecular formula is C15H20FN3. The van der Waals surface area contributed by atoms with Gasteiger partial charge in [-0.15, -0.1) is 0 Å². The highest BCUT2D eigenvalue weighted by atomic mass is 19.1. The molecule has 3 nitrogen and oxygen atoms in total. The third-order valence-electron chi connectivity index (χ3n) is 4.04. The van der Waals surface area contributed by atoms with Gasteiger partial charge in [0.15, 0.2) is 0 Å². The van der Waals surface area contributed by atoms with Crippen molar-refractivity contribution in [2.24, 2.45) is 5.92 Å². The minimum absolute atomic E-state index is 0.185. The first-order chi connectivity index (χ1) is 9.28. The lowest BCUT2D eigenvalue weighted by molar-refractivity contribution is 0.364.